The minimum Gasteiger partial charge on any atom is -0.376 e. The Morgan fingerprint density at radius 1 is 1.10 bits per heavy atom. The number of hydrogen-bond acceptors (Lipinski definition) is 1. The average Bonchev–Trinajstić information content (AvgIpc) is 2.73. The highest BCUT2D eigenvalue weighted by Crippen LogP contribution is 2.44. The van der Waals surface area contributed by atoms with Crippen LogP contribution in [0.15, 0.2) is 12.3 Å². The van der Waals surface area contributed by atoms with Crippen molar-refractivity contribution in [3.63, 3.8) is 0 Å². The third kappa shape index (κ3) is 2.41. The normalized spacial score (nSPS) is 19.7. The highest BCUT2D eigenvalue weighted by atomic mass is 28.3. The van der Waals surface area contributed by atoms with Crippen LogP contribution in [0.25, 0.3) is 0 Å². The molecule has 0 saturated carbocycles. The molecule has 0 fully saturated rings. The maximum Gasteiger partial charge on any atom is 0.169 e. The van der Waals surface area contributed by atoms with Gasteiger partial charge in [-0.2, -0.15) is 0 Å². The lowest BCUT2D eigenvalue weighted by molar-refractivity contribution is 0.0931. The van der Waals surface area contributed by atoms with Gasteiger partial charge in [-0.3, -0.25) is 4.79 Å². The van der Waals surface area contributed by atoms with Crippen LogP contribution in [0.4, 0.5) is 4.39 Å². The maximum absolute atomic E-state index is 13.9. The topological polar surface area (TPSA) is 22.0 Å². The maximum atomic E-state index is 13.9. The number of Topliss-reactive ketones (excluding diaryl/α,β-unsaturated/α-hetero) is 1. The monoisotopic (exact) mass is 309 g/mol. The molecule has 1 atom stereocenters. The van der Waals surface area contributed by atoms with Gasteiger partial charge >= 0.3 is 0 Å². The summed E-state index contributed by atoms with van der Waals surface area (Å²) in [6, 6.07) is 1.93. The number of hydrogen-bond donors (Lipinski definition) is 0. The summed E-state index contributed by atoms with van der Waals surface area (Å²) in [6.45, 7) is 13.7. The van der Waals surface area contributed by atoms with Crippen molar-refractivity contribution in [3.8, 4) is 0 Å². The smallest absolute Gasteiger partial charge is 0.169 e. The van der Waals surface area contributed by atoms with Crippen molar-refractivity contribution >= 4 is 14.0 Å². The van der Waals surface area contributed by atoms with Crippen LogP contribution < -0.4 is 0 Å². The van der Waals surface area contributed by atoms with Crippen LogP contribution in [0.3, 0.4) is 0 Å². The molecule has 118 valence electrons. The van der Waals surface area contributed by atoms with Crippen molar-refractivity contribution in [2.45, 2.75) is 77.2 Å². The molecule has 0 radical (unpaired) electrons. The van der Waals surface area contributed by atoms with Crippen molar-refractivity contribution in [3.05, 3.63) is 23.5 Å². The van der Waals surface area contributed by atoms with E-state index in [1.54, 1.807) is 0 Å². The van der Waals surface area contributed by atoms with Crippen LogP contribution in [0.5, 0.6) is 0 Å². The molecule has 2 nitrogen and oxygen atoms in total. The van der Waals surface area contributed by atoms with Crippen molar-refractivity contribution < 1.29 is 9.18 Å². The summed E-state index contributed by atoms with van der Waals surface area (Å²) < 4.78 is 16.3. The van der Waals surface area contributed by atoms with Crippen molar-refractivity contribution in [1.82, 2.24) is 4.23 Å². The summed E-state index contributed by atoms with van der Waals surface area (Å²) in [5, 5.41) is 0. The number of carbonyl (C=O) groups is 1. The van der Waals surface area contributed by atoms with Gasteiger partial charge in [0.25, 0.3) is 0 Å². The Hall–Kier alpha value is -0.903. The van der Waals surface area contributed by atoms with E-state index in [0.717, 1.165) is 11.3 Å². The summed E-state index contributed by atoms with van der Waals surface area (Å²) in [5.74, 6) is -0.0262. The fraction of sp³-hybridized carbons (Fsp3) is 0.706. The van der Waals surface area contributed by atoms with E-state index in [1.165, 1.54) is 0 Å². The van der Waals surface area contributed by atoms with E-state index in [-0.39, 0.29) is 12.2 Å². The third-order valence-electron chi connectivity index (χ3n) is 5.31. The summed E-state index contributed by atoms with van der Waals surface area (Å²) in [5.41, 5.74) is 3.36. The van der Waals surface area contributed by atoms with E-state index >= 15 is 0 Å². The molecule has 4 heteroatoms. The molecular weight excluding hydrogens is 281 g/mol. The van der Waals surface area contributed by atoms with Gasteiger partial charge in [0.15, 0.2) is 14.0 Å². The van der Waals surface area contributed by atoms with Gasteiger partial charge in [-0.15, -0.1) is 0 Å². The molecule has 1 aliphatic carbocycles. The van der Waals surface area contributed by atoms with E-state index in [1.807, 2.05) is 6.07 Å². The molecule has 1 unspecified atom stereocenters. The second-order valence-corrected chi connectivity index (χ2v) is 13.0. The Bertz CT molecular complexity index is 511. The standard InChI is InChI=1S/C17H28FNOSi/c1-11(2)21(12(3)4,13(5)6)19-8-7-15-16(19)9-14(18)10-17(15)20/h7-8,11-14H,9-10H2,1-6H3. The number of halogens is 1. The number of aromatic nitrogens is 1. The molecule has 1 aliphatic rings. The average molecular weight is 310 g/mol. The van der Waals surface area contributed by atoms with E-state index in [4.69, 9.17) is 0 Å². The molecule has 0 bridgehead atoms. The van der Waals surface area contributed by atoms with Gasteiger partial charge in [-0.05, 0) is 28.9 Å². The summed E-state index contributed by atoms with van der Waals surface area (Å²) in [6.07, 6.45) is 1.51. The first-order valence-corrected chi connectivity index (χ1v) is 10.3. The summed E-state index contributed by atoms with van der Waals surface area (Å²) in [7, 11) is -1.89. The van der Waals surface area contributed by atoms with Crippen LogP contribution in [0.1, 0.15) is 64.0 Å². The SMILES string of the molecule is CC(C)[Si](C(C)C)(C(C)C)n1ccc2c1CC(F)CC2=O. The molecule has 0 aliphatic heterocycles. The van der Waals surface area contributed by atoms with E-state index in [2.05, 4.69) is 52.0 Å². The van der Waals surface area contributed by atoms with Gasteiger partial charge in [0, 0.05) is 24.1 Å². The van der Waals surface area contributed by atoms with Crippen molar-refractivity contribution in [2.75, 3.05) is 0 Å². The van der Waals surface area contributed by atoms with Crippen molar-refractivity contribution in [2.24, 2.45) is 0 Å². The predicted octanol–water partition coefficient (Wildman–Crippen LogP) is 4.98. The molecular formula is C17H28FNOSi. The Kier molecular flexibility index (Phi) is 4.48. The van der Waals surface area contributed by atoms with Gasteiger partial charge in [0.2, 0.25) is 0 Å². The van der Waals surface area contributed by atoms with E-state index in [9.17, 15) is 9.18 Å². The Labute approximate surface area is 128 Å². The number of nitrogens with zero attached hydrogens (tertiary/aromatic N) is 1. The van der Waals surface area contributed by atoms with Gasteiger partial charge in [0.05, 0.1) is 0 Å². The zero-order valence-corrected chi connectivity index (χ0v) is 15.1. The minimum atomic E-state index is -1.89. The highest BCUT2D eigenvalue weighted by molar-refractivity contribution is 6.82. The third-order valence-corrected chi connectivity index (χ3v) is 12.1. The molecule has 1 aromatic rings. The van der Waals surface area contributed by atoms with E-state index in [0.29, 0.717) is 23.0 Å². The minimum absolute atomic E-state index is 0.0262. The van der Waals surface area contributed by atoms with Gasteiger partial charge in [0.1, 0.15) is 6.17 Å². The zero-order valence-electron chi connectivity index (χ0n) is 14.1. The fourth-order valence-corrected chi connectivity index (χ4v) is 11.4. The molecule has 0 spiro atoms. The second kappa shape index (κ2) is 5.71. The molecule has 0 aromatic carbocycles. The molecule has 0 N–H and O–H groups in total. The lowest BCUT2D eigenvalue weighted by atomic mass is 9.95. The first kappa shape index (κ1) is 16.5. The Morgan fingerprint density at radius 3 is 2.10 bits per heavy atom. The summed E-state index contributed by atoms with van der Waals surface area (Å²) >= 11 is 0. The number of ketones is 1. The summed E-state index contributed by atoms with van der Waals surface area (Å²) in [4.78, 5) is 12.1. The van der Waals surface area contributed by atoms with Crippen LogP contribution in [0.2, 0.25) is 16.6 Å². The Balaban J connectivity index is 2.66. The Morgan fingerprint density at radius 2 is 1.62 bits per heavy atom. The lowest BCUT2D eigenvalue weighted by Gasteiger charge is -2.45. The number of alkyl halides is 1. The van der Waals surface area contributed by atoms with Crippen LogP contribution in [-0.4, -0.2) is 24.4 Å². The largest absolute Gasteiger partial charge is 0.376 e. The number of fused-ring (bicyclic) bond motifs is 1. The number of rotatable bonds is 4. The van der Waals surface area contributed by atoms with Gasteiger partial charge in [-0.25, -0.2) is 4.39 Å². The molecule has 0 saturated heterocycles. The highest BCUT2D eigenvalue weighted by Gasteiger charge is 2.47. The first-order valence-electron chi connectivity index (χ1n) is 8.10. The molecule has 0 amide bonds. The molecule has 21 heavy (non-hydrogen) atoms. The van der Waals surface area contributed by atoms with Crippen LogP contribution >= 0.6 is 0 Å². The number of carbonyl (C=O) groups excluding carboxylic acids is 1. The molecule has 1 heterocycles. The zero-order chi connectivity index (χ0) is 15.9. The molecule has 1 aromatic heterocycles. The van der Waals surface area contributed by atoms with Crippen LogP contribution in [0, 0.1) is 0 Å². The van der Waals surface area contributed by atoms with E-state index < -0.39 is 14.4 Å². The van der Waals surface area contributed by atoms with Crippen molar-refractivity contribution in [1.29, 1.82) is 0 Å². The molecule has 2 rings (SSSR count). The predicted molar refractivity (Wildman–Crippen MR) is 88.4 cm³/mol. The quantitative estimate of drug-likeness (QED) is 0.719. The van der Waals surface area contributed by atoms with Gasteiger partial charge < -0.3 is 4.23 Å². The first-order chi connectivity index (χ1) is 9.72. The van der Waals surface area contributed by atoms with Gasteiger partial charge in [-0.1, -0.05) is 41.5 Å². The lowest BCUT2D eigenvalue weighted by Crippen LogP contribution is -2.52. The second-order valence-electron chi connectivity index (χ2n) is 7.33. The van der Waals surface area contributed by atoms with Crippen LogP contribution in [-0.2, 0) is 6.42 Å². The fourth-order valence-electron chi connectivity index (χ4n) is 4.72.